The van der Waals surface area contributed by atoms with Crippen LogP contribution in [0, 0.1) is 19.3 Å². The molecule has 1 rings (SSSR count). The molecule has 0 saturated heterocycles. The van der Waals surface area contributed by atoms with Gasteiger partial charge in [-0.25, -0.2) is 4.79 Å². The molecule has 1 aromatic rings. The van der Waals surface area contributed by atoms with Gasteiger partial charge in [0.25, 0.3) is 5.91 Å². The minimum Gasteiger partial charge on any atom is -0.483 e. The highest BCUT2D eigenvalue weighted by Crippen LogP contribution is 2.21. The zero-order valence-electron chi connectivity index (χ0n) is 11.1. The Balaban J connectivity index is 2.76. The smallest absolute Gasteiger partial charge is 0.328 e. The predicted molar refractivity (Wildman–Crippen MR) is 75.2 cm³/mol. The molecular weight excluding hydrogens is 258 g/mol. The van der Waals surface area contributed by atoms with Crippen LogP contribution in [-0.2, 0) is 9.59 Å². The SMILES string of the molecule is C#CCNC(=O)COc1ccc(C)cc1C=CC(=O)O. The maximum atomic E-state index is 11.4. The average molecular weight is 273 g/mol. The van der Waals surface area contributed by atoms with Gasteiger partial charge in [-0.2, -0.15) is 0 Å². The Morgan fingerprint density at radius 2 is 2.25 bits per heavy atom. The monoisotopic (exact) mass is 273 g/mol. The third-order valence-electron chi connectivity index (χ3n) is 2.32. The van der Waals surface area contributed by atoms with Crippen molar-refractivity contribution in [2.75, 3.05) is 13.2 Å². The fraction of sp³-hybridized carbons (Fsp3) is 0.200. The maximum absolute atomic E-state index is 11.4. The van der Waals surface area contributed by atoms with Gasteiger partial charge >= 0.3 is 5.97 Å². The summed E-state index contributed by atoms with van der Waals surface area (Å²) in [6, 6.07) is 5.27. The molecule has 1 amide bonds. The van der Waals surface area contributed by atoms with Crippen LogP contribution < -0.4 is 10.1 Å². The summed E-state index contributed by atoms with van der Waals surface area (Å²) in [5.74, 6) is 1.33. The van der Waals surface area contributed by atoms with E-state index in [-0.39, 0.29) is 19.1 Å². The van der Waals surface area contributed by atoms with Crippen molar-refractivity contribution >= 4 is 18.0 Å². The quantitative estimate of drug-likeness (QED) is 0.603. The van der Waals surface area contributed by atoms with Crippen LogP contribution in [0.5, 0.6) is 5.75 Å². The number of amides is 1. The molecule has 0 bridgehead atoms. The molecule has 5 nitrogen and oxygen atoms in total. The molecule has 0 atom stereocenters. The van der Waals surface area contributed by atoms with E-state index in [1.54, 1.807) is 12.1 Å². The van der Waals surface area contributed by atoms with E-state index in [0.717, 1.165) is 11.6 Å². The van der Waals surface area contributed by atoms with E-state index in [0.29, 0.717) is 11.3 Å². The highest BCUT2D eigenvalue weighted by atomic mass is 16.5. The van der Waals surface area contributed by atoms with Gasteiger partial charge in [-0.1, -0.05) is 17.6 Å². The number of rotatable bonds is 6. The number of hydrogen-bond acceptors (Lipinski definition) is 3. The first-order valence-corrected chi connectivity index (χ1v) is 5.87. The molecule has 0 aliphatic rings. The van der Waals surface area contributed by atoms with Gasteiger partial charge in [-0.05, 0) is 25.1 Å². The van der Waals surface area contributed by atoms with Crippen molar-refractivity contribution in [3.63, 3.8) is 0 Å². The molecule has 0 aromatic heterocycles. The van der Waals surface area contributed by atoms with Gasteiger partial charge in [-0.3, -0.25) is 4.79 Å². The molecule has 2 N–H and O–H groups in total. The molecule has 0 aliphatic heterocycles. The Hall–Kier alpha value is -2.74. The summed E-state index contributed by atoms with van der Waals surface area (Å²) in [7, 11) is 0. The maximum Gasteiger partial charge on any atom is 0.328 e. The van der Waals surface area contributed by atoms with Crippen molar-refractivity contribution in [3.8, 4) is 18.1 Å². The van der Waals surface area contributed by atoms with E-state index in [2.05, 4.69) is 11.2 Å². The third-order valence-corrected chi connectivity index (χ3v) is 2.32. The lowest BCUT2D eigenvalue weighted by Crippen LogP contribution is -2.29. The van der Waals surface area contributed by atoms with Crippen molar-refractivity contribution < 1.29 is 19.4 Å². The molecule has 0 heterocycles. The van der Waals surface area contributed by atoms with Crippen LogP contribution in [0.1, 0.15) is 11.1 Å². The van der Waals surface area contributed by atoms with Crippen LogP contribution in [-0.4, -0.2) is 30.1 Å². The Kier molecular flexibility index (Phi) is 5.85. The lowest BCUT2D eigenvalue weighted by atomic mass is 10.1. The fourth-order valence-corrected chi connectivity index (χ4v) is 1.43. The molecule has 20 heavy (non-hydrogen) atoms. The number of hydrogen-bond donors (Lipinski definition) is 2. The van der Waals surface area contributed by atoms with E-state index in [1.165, 1.54) is 6.08 Å². The first kappa shape index (κ1) is 15.3. The number of ether oxygens (including phenoxy) is 1. The topological polar surface area (TPSA) is 75.6 Å². The van der Waals surface area contributed by atoms with Crippen LogP contribution in [0.4, 0.5) is 0 Å². The number of benzene rings is 1. The summed E-state index contributed by atoms with van der Waals surface area (Å²) in [6.45, 7) is 1.84. The second-order valence-electron chi connectivity index (χ2n) is 3.98. The van der Waals surface area contributed by atoms with E-state index >= 15 is 0 Å². The molecule has 0 radical (unpaired) electrons. The second-order valence-corrected chi connectivity index (χ2v) is 3.98. The molecule has 1 aromatic carbocycles. The number of carboxylic acids is 1. The Morgan fingerprint density at radius 3 is 2.90 bits per heavy atom. The zero-order chi connectivity index (χ0) is 15.0. The highest BCUT2D eigenvalue weighted by molar-refractivity contribution is 5.86. The number of carboxylic acid groups (broad SMARTS) is 1. The van der Waals surface area contributed by atoms with Gasteiger partial charge < -0.3 is 15.2 Å². The normalized spacial score (nSPS) is 10.0. The lowest BCUT2D eigenvalue weighted by molar-refractivity contribution is -0.131. The summed E-state index contributed by atoms with van der Waals surface area (Å²) in [6.07, 6.45) is 7.46. The summed E-state index contributed by atoms with van der Waals surface area (Å²) in [5.41, 5.74) is 1.55. The van der Waals surface area contributed by atoms with Crippen molar-refractivity contribution in [3.05, 3.63) is 35.4 Å². The summed E-state index contributed by atoms with van der Waals surface area (Å²) < 4.78 is 5.36. The van der Waals surface area contributed by atoms with Crippen LogP contribution in [0.2, 0.25) is 0 Å². The summed E-state index contributed by atoms with van der Waals surface area (Å²) in [5, 5.41) is 11.1. The number of nitrogens with one attached hydrogen (secondary N) is 1. The molecule has 0 saturated carbocycles. The van der Waals surface area contributed by atoms with Crippen LogP contribution in [0.25, 0.3) is 6.08 Å². The number of terminal acetylenes is 1. The first-order valence-electron chi connectivity index (χ1n) is 5.87. The summed E-state index contributed by atoms with van der Waals surface area (Å²) >= 11 is 0. The Bertz CT molecular complexity index is 570. The van der Waals surface area contributed by atoms with Gasteiger partial charge in [0.05, 0.1) is 6.54 Å². The van der Waals surface area contributed by atoms with Crippen LogP contribution >= 0.6 is 0 Å². The standard InChI is InChI=1S/C15H15NO4/c1-3-8-16-14(17)10-20-13-6-4-11(2)9-12(13)5-7-15(18)19/h1,4-7,9H,8,10H2,2H3,(H,16,17)(H,18,19). The van der Waals surface area contributed by atoms with Gasteiger partial charge in [0.1, 0.15) is 5.75 Å². The first-order chi connectivity index (χ1) is 9.52. The van der Waals surface area contributed by atoms with Gasteiger partial charge in [-0.15, -0.1) is 6.42 Å². The number of carbonyl (C=O) groups is 2. The molecule has 0 aliphatic carbocycles. The van der Waals surface area contributed by atoms with E-state index in [1.807, 2.05) is 13.0 Å². The highest BCUT2D eigenvalue weighted by Gasteiger charge is 2.05. The number of carbonyl (C=O) groups excluding carboxylic acids is 1. The predicted octanol–water partition coefficient (Wildman–Crippen LogP) is 1.22. The van der Waals surface area contributed by atoms with Crippen molar-refractivity contribution in [1.82, 2.24) is 5.32 Å². The molecular formula is C15H15NO4. The Morgan fingerprint density at radius 1 is 1.50 bits per heavy atom. The van der Waals surface area contributed by atoms with Gasteiger partial charge in [0.2, 0.25) is 0 Å². The summed E-state index contributed by atoms with van der Waals surface area (Å²) in [4.78, 5) is 21.9. The minimum atomic E-state index is -1.05. The van der Waals surface area contributed by atoms with Crippen LogP contribution in [0.15, 0.2) is 24.3 Å². The largest absolute Gasteiger partial charge is 0.483 e. The minimum absolute atomic E-state index is 0.141. The van der Waals surface area contributed by atoms with Crippen molar-refractivity contribution in [1.29, 1.82) is 0 Å². The molecule has 104 valence electrons. The van der Waals surface area contributed by atoms with Crippen molar-refractivity contribution in [2.24, 2.45) is 0 Å². The molecule has 0 fully saturated rings. The average Bonchev–Trinajstić information content (AvgIpc) is 2.41. The van der Waals surface area contributed by atoms with Crippen molar-refractivity contribution in [2.45, 2.75) is 6.92 Å². The second kappa shape index (κ2) is 7.64. The van der Waals surface area contributed by atoms with E-state index < -0.39 is 5.97 Å². The number of aliphatic carboxylic acids is 1. The number of aryl methyl sites for hydroxylation is 1. The Labute approximate surface area is 117 Å². The zero-order valence-corrected chi connectivity index (χ0v) is 11.1. The van der Waals surface area contributed by atoms with E-state index in [9.17, 15) is 9.59 Å². The molecule has 5 heteroatoms. The van der Waals surface area contributed by atoms with Gasteiger partial charge in [0.15, 0.2) is 6.61 Å². The third kappa shape index (κ3) is 5.27. The fourth-order valence-electron chi connectivity index (χ4n) is 1.43. The molecule has 0 spiro atoms. The van der Waals surface area contributed by atoms with E-state index in [4.69, 9.17) is 16.3 Å². The lowest BCUT2D eigenvalue weighted by Gasteiger charge is -2.09. The van der Waals surface area contributed by atoms with Crippen LogP contribution in [0.3, 0.4) is 0 Å². The van der Waals surface area contributed by atoms with Gasteiger partial charge in [0, 0.05) is 11.6 Å². The molecule has 0 unspecified atom stereocenters.